The zero-order valence-corrected chi connectivity index (χ0v) is 12.1. The largest absolute Gasteiger partial charge is 0.149 e. The molecule has 1 aromatic carbocycles. The number of rotatable bonds is 3. The summed E-state index contributed by atoms with van der Waals surface area (Å²) in [5.41, 5.74) is 2.45. The van der Waals surface area contributed by atoms with Gasteiger partial charge in [0.15, 0.2) is 0 Å². The number of hydrogen-bond donors (Lipinski definition) is 0. The van der Waals surface area contributed by atoms with Gasteiger partial charge in [-0.3, -0.25) is 0 Å². The molecule has 0 nitrogen and oxygen atoms in total. The van der Waals surface area contributed by atoms with E-state index in [-0.39, 0.29) is 0 Å². The lowest BCUT2D eigenvalue weighted by molar-refractivity contribution is 0.957. The van der Waals surface area contributed by atoms with Crippen LogP contribution < -0.4 is 0 Å². The number of benzene rings is 1. The summed E-state index contributed by atoms with van der Waals surface area (Å²) in [6.45, 7) is 2.07. The molecule has 16 heavy (non-hydrogen) atoms. The first-order valence-electron chi connectivity index (χ1n) is 5.10. The van der Waals surface area contributed by atoms with Gasteiger partial charge >= 0.3 is 0 Å². The van der Waals surface area contributed by atoms with Crippen LogP contribution in [0.2, 0.25) is 5.02 Å². The molecule has 84 valence electrons. The molecule has 1 aromatic heterocycles. The van der Waals surface area contributed by atoms with Crippen molar-refractivity contribution in [2.75, 3.05) is 0 Å². The maximum absolute atomic E-state index is 6.12. The van der Waals surface area contributed by atoms with Crippen LogP contribution in [0.3, 0.4) is 0 Å². The Hall–Kier alpha value is -0.310. The second-order valence-electron chi connectivity index (χ2n) is 3.71. The molecule has 1 unspecified atom stereocenters. The molecule has 1 atom stereocenters. The molecule has 0 spiro atoms. The first kappa shape index (κ1) is 12.2. The van der Waals surface area contributed by atoms with E-state index >= 15 is 0 Å². The van der Waals surface area contributed by atoms with Crippen molar-refractivity contribution in [2.45, 2.75) is 18.2 Å². The van der Waals surface area contributed by atoms with Gasteiger partial charge in [0.25, 0.3) is 0 Å². The summed E-state index contributed by atoms with van der Waals surface area (Å²) in [4.78, 5) is 1.73. The first-order chi connectivity index (χ1) is 7.68. The Labute approximate surface area is 113 Å². The molecule has 2 aromatic rings. The second-order valence-corrected chi connectivity index (χ2v) is 6.25. The highest BCUT2D eigenvalue weighted by molar-refractivity contribution is 9.09. The monoisotopic (exact) mass is 314 g/mol. The Kier molecular flexibility index (Phi) is 4.06. The van der Waals surface area contributed by atoms with Gasteiger partial charge in [-0.2, -0.15) is 0 Å². The van der Waals surface area contributed by atoms with E-state index in [9.17, 15) is 0 Å². The molecule has 0 fully saturated rings. The van der Waals surface area contributed by atoms with Crippen molar-refractivity contribution in [3.63, 3.8) is 0 Å². The zero-order valence-electron chi connectivity index (χ0n) is 8.91. The fourth-order valence-electron chi connectivity index (χ4n) is 1.68. The van der Waals surface area contributed by atoms with Gasteiger partial charge in [0, 0.05) is 14.7 Å². The third kappa shape index (κ3) is 2.68. The van der Waals surface area contributed by atoms with Gasteiger partial charge in [-0.1, -0.05) is 45.7 Å². The van der Waals surface area contributed by atoms with Crippen molar-refractivity contribution in [3.8, 4) is 0 Å². The van der Waals surface area contributed by atoms with Crippen LogP contribution >= 0.6 is 38.9 Å². The highest BCUT2D eigenvalue weighted by Crippen LogP contribution is 2.33. The predicted molar refractivity (Wildman–Crippen MR) is 75.9 cm³/mol. The summed E-state index contributed by atoms with van der Waals surface area (Å²) in [5, 5.41) is 2.95. The molecule has 0 aliphatic heterocycles. The summed E-state index contributed by atoms with van der Waals surface area (Å²) >= 11 is 11.7. The molecular weight excluding hydrogens is 304 g/mol. The molecule has 1 heterocycles. The Bertz CT molecular complexity index is 465. The average molecular weight is 316 g/mol. The van der Waals surface area contributed by atoms with Gasteiger partial charge in [0.05, 0.1) is 0 Å². The first-order valence-corrected chi connectivity index (χ1v) is 7.27. The average Bonchev–Trinajstić information content (AvgIpc) is 2.74. The summed E-state index contributed by atoms with van der Waals surface area (Å²) in [7, 11) is 0. The molecule has 3 heteroatoms. The SMILES string of the molecule is Cc1c(Cl)cccc1C(Br)Cc1cccs1. The minimum atomic E-state index is 0.338. The number of halogens is 2. The van der Waals surface area contributed by atoms with Crippen molar-refractivity contribution in [3.05, 3.63) is 56.7 Å². The van der Waals surface area contributed by atoms with E-state index in [0.29, 0.717) is 4.83 Å². The van der Waals surface area contributed by atoms with E-state index in [1.54, 1.807) is 11.3 Å². The highest BCUT2D eigenvalue weighted by atomic mass is 79.9. The van der Waals surface area contributed by atoms with Crippen LogP contribution in [0.1, 0.15) is 20.8 Å². The van der Waals surface area contributed by atoms with Crippen molar-refractivity contribution in [1.82, 2.24) is 0 Å². The topological polar surface area (TPSA) is 0 Å². The van der Waals surface area contributed by atoms with E-state index in [4.69, 9.17) is 11.6 Å². The standard InChI is InChI=1S/C13H12BrClS/c1-9-11(5-2-6-13(9)15)12(14)8-10-4-3-7-16-10/h2-7,12H,8H2,1H3. The minimum absolute atomic E-state index is 0.338. The van der Waals surface area contributed by atoms with Crippen LogP contribution in [0.4, 0.5) is 0 Å². The van der Waals surface area contributed by atoms with E-state index < -0.39 is 0 Å². The molecule has 0 saturated carbocycles. The Balaban J connectivity index is 2.21. The molecule has 0 aliphatic carbocycles. The molecule has 0 amide bonds. The maximum Gasteiger partial charge on any atom is 0.0446 e. The normalized spacial score (nSPS) is 12.7. The van der Waals surface area contributed by atoms with Crippen LogP contribution in [-0.2, 0) is 6.42 Å². The quantitative estimate of drug-likeness (QED) is 0.666. The Morgan fingerprint density at radius 3 is 2.81 bits per heavy atom. The van der Waals surface area contributed by atoms with Crippen LogP contribution in [0.25, 0.3) is 0 Å². The van der Waals surface area contributed by atoms with Crippen LogP contribution in [0.5, 0.6) is 0 Å². The van der Waals surface area contributed by atoms with Gasteiger partial charge < -0.3 is 0 Å². The van der Waals surface area contributed by atoms with E-state index in [1.165, 1.54) is 16.0 Å². The molecule has 2 rings (SSSR count). The lowest BCUT2D eigenvalue weighted by atomic mass is 10.0. The highest BCUT2D eigenvalue weighted by Gasteiger charge is 2.12. The van der Waals surface area contributed by atoms with Crippen molar-refractivity contribution < 1.29 is 0 Å². The fourth-order valence-corrected chi connectivity index (χ4v) is 3.67. The predicted octanol–water partition coefficient (Wildman–Crippen LogP) is 5.39. The molecule has 0 N–H and O–H groups in total. The third-order valence-corrected chi connectivity index (χ3v) is 4.73. The van der Waals surface area contributed by atoms with Crippen molar-refractivity contribution >= 4 is 38.9 Å². The number of hydrogen-bond acceptors (Lipinski definition) is 1. The van der Waals surface area contributed by atoms with Crippen LogP contribution in [0, 0.1) is 6.92 Å². The lowest BCUT2D eigenvalue weighted by Gasteiger charge is -2.13. The number of alkyl halides is 1. The summed E-state index contributed by atoms with van der Waals surface area (Å²) in [6, 6.07) is 10.3. The zero-order chi connectivity index (χ0) is 11.5. The van der Waals surface area contributed by atoms with E-state index in [0.717, 1.165) is 11.4 Å². The molecular formula is C13H12BrClS. The van der Waals surface area contributed by atoms with Crippen LogP contribution in [-0.4, -0.2) is 0 Å². The lowest BCUT2D eigenvalue weighted by Crippen LogP contribution is -1.96. The Morgan fingerprint density at radius 2 is 2.12 bits per heavy atom. The van der Waals surface area contributed by atoms with E-state index in [1.807, 2.05) is 12.1 Å². The molecule has 0 saturated heterocycles. The smallest absolute Gasteiger partial charge is 0.0446 e. The van der Waals surface area contributed by atoms with Crippen molar-refractivity contribution in [1.29, 1.82) is 0 Å². The summed E-state index contributed by atoms with van der Waals surface area (Å²) in [5.74, 6) is 0. The summed E-state index contributed by atoms with van der Waals surface area (Å²) < 4.78 is 0. The fraction of sp³-hybridized carbons (Fsp3) is 0.231. The minimum Gasteiger partial charge on any atom is -0.149 e. The van der Waals surface area contributed by atoms with Gasteiger partial charge in [-0.15, -0.1) is 11.3 Å². The maximum atomic E-state index is 6.12. The van der Waals surface area contributed by atoms with Gasteiger partial charge in [-0.25, -0.2) is 0 Å². The summed E-state index contributed by atoms with van der Waals surface area (Å²) in [6.07, 6.45) is 1.01. The Morgan fingerprint density at radius 1 is 1.31 bits per heavy atom. The van der Waals surface area contributed by atoms with Gasteiger partial charge in [0.1, 0.15) is 0 Å². The molecule has 0 bridgehead atoms. The number of thiophene rings is 1. The molecule has 0 aliphatic rings. The molecule has 0 radical (unpaired) electrons. The van der Waals surface area contributed by atoms with Crippen LogP contribution in [0.15, 0.2) is 35.7 Å². The van der Waals surface area contributed by atoms with Gasteiger partial charge in [-0.05, 0) is 42.0 Å². The second kappa shape index (κ2) is 5.35. The van der Waals surface area contributed by atoms with Crippen molar-refractivity contribution in [2.24, 2.45) is 0 Å². The third-order valence-electron chi connectivity index (χ3n) is 2.61. The van der Waals surface area contributed by atoms with Gasteiger partial charge in [0.2, 0.25) is 0 Å². The van der Waals surface area contributed by atoms with E-state index in [2.05, 4.69) is 46.4 Å².